The van der Waals surface area contributed by atoms with E-state index in [1.54, 1.807) is 18.2 Å². The molecule has 17 heavy (non-hydrogen) atoms. The highest BCUT2D eigenvalue weighted by Crippen LogP contribution is 2.25. The number of hydrogen-bond donors (Lipinski definition) is 1. The second-order valence-electron chi connectivity index (χ2n) is 3.42. The Balaban J connectivity index is 3.01. The van der Waals surface area contributed by atoms with E-state index < -0.39 is 12.7 Å². The van der Waals surface area contributed by atoms with Gasteiger partial charge in [-0.15, -0.1) is 0 Å². The van der Waals surface area contributed by atoms with Gasteiger partial charge in [0.25, 0.3) is 6.08 Å². The summed E-state index contributed by atoms with van der Waals surface area (Å²) >= 11 is 0. The van der Waals surface area contributed by atoms with E-state index in [0.29, 0.717) is 17.1 Å². The molecule has 0 spiro atoms. The Morgan fingerprint density at radius 1 is 1.12 bits per heavy atom. The van der Waals surface area contributed by atoms with Crippen molar-refractivity contribution < 1.29 is 23.4 Å². The minimum Gasteiger partial charge on any atom is -0.497 e. The van der Waals surface area contributed by atoms with Crippen LogP contribution in [-0.2, 0) is 6.42 Å². The lowest BCUT2D eigenvalue weighted by atomic mass is 10.1. The fourth-order valence-corrected chi connectivity index (χ4v) is 1.40. The summed E-state index contributed by atoms with van der Waals surface area (Å²) in [7, 11) is 2.97. The molecule has 5 heteroatoms. The summed E-state index contributed by atoms with van der Waals surface area (Å²) in [5.74, 6) is 1.05. The monoisotopic (exact) mass is 244 g/mol. The van der Waals surface area contributed by atoms with Crippen LogP contribution >= 0.6 is 0 Å². The Hall–Kier alpha value is -1.62. The molecule has 0 heterocycles. The first-order valence-corrected chi connectivity index (χ1v) is 4.96. The molecule has 0 amide bonds. The Morgan fingerprint density at radius 3 is 2.00 bits per heavy atom. The standard InChI is InChI=1S/C12H14F2O3/c1-16-10-4-8(5-11(6-10)17-2)3-9(7-15)12(13)14/h4-6,15H,3,7H2,1-2H3. The molecular weight excluding hydrogens is 230 g/mol. The number of ether oxygens (including phenoxy) is 2. The lowest BCUT2D eigenvalue weighted by Crippen LogP contribution is -1.98. The topological polar surface area (TPSA) is 38.7 Å². The minimum absolute atomic E-state index is 0.0353. The molecule has 0 radical (unpaired) electrons. The third-order valence-corrected chi connectivity index (χ3v) is 2.29. The van der Waals surface area contributed by atoms with Crippen molar-refractivity contribution in [2.24, 2.45) is 0 Å². The van der Waals surface area contributed by atoms with Gasteiger partial charge in [0.2, 0.25) is 0 Å². The molecule has 0 saturated carbocycles. The van der Waals surface area contributed by atoms with Gasteiger partial charge in [-0.05, 0) is 17.7 Å². The minimum atomic E-state index is -1.85. The normalized spacial score (nSPS) is 9.94. The number of aliphatic hydroxyl groups is 1. The fraction of sp³-hybridized carbons (Fsp3) is 0.333. The Bertz CT molecular complexity index is 390. The molecule has 1 aromatic rings. The summed E-state index contributed by atoms with van der Waals surface area (Å²) in [5.41, 5.74) is 0.290. The lowest BCUT2D eigenvalue weighted by molar-refractivity contribution is 0.307. The maximum atomic E-state index is 12.4. The van der Waals surface area contributed by atoms with Gasteiger partial charge < -0.3 is 14.6 Å². The average Bonchev–Trinajstić information content (AvgIpc) is 2.34. The second kappa shape index (κ2) is 6.20. The van der Waals surface area contributed by atoms with Gasteiger partial charge >= 0.3 is 0 Å². The van der Waals surface area contributed by atoms with Crippen molar-refractivity contribution in [3.63, 3.8) is 0 Å². The maximum absolute atomic E-state index is 12.4. The van der Waals surface area contributed by atoms with Gasteiger partial charge in [-0.3, -0.25) is 0 Å². The lowest BCUT2D eigenvalue weighted by Gasteiger charge is -2.09. The van der Waals surface area contributed by atoms with E-state index in [0.717, 1.165) is 0 Å². The number of hydrogen-bond acceptors (Lipinski definition) is 3. The first kappa shape index (κ1) is 13.4. The second-order valence-corrected chi connectivity index (χ2v) is 3.42. The summed E-state index contributed by atoms with van der Waals surface area (Å²) in [4.78, 5) is 0. The average molecular weight is 244 g/mol. The largest absolute Gasteiger partial charge is 0.497 e. The predicted molar refractivity (Wildman–Crippen MR) is 59.6 cm³/mol. The van der Waals surface area contributed by atoms with E-state index in [2.05, 4.69) is 0 Å². The summed E-state index contributed by atoms with van der Waals surface area (Å²) in [6.07, 6.45) is -1.89. The highest BCUT2D eigenvalue weighted by atomic mass is 19.3. The maximum Gasteiger partial charge on any atom is 0.272 e. The number of rotatable bonds is 5. The van der Waals surface area contributed by atoms with Crippen LogP contribution in [0.25, 0.3) is 0 Å². The molecule has 1 N–H and O–H groups in total. The number of methoxy groups -OCH3 is 2. The smallest absolute Gasteiger partial charge is 0.272 e. The van der Waals surface area contributed by atoms with Crippen molar-refractivity contribution in [2.45, 2.75) is 6.42 Å². The first-order valence-electron chi connectivity index (χ1n) is 4.96. The summed E-state index contributed by atoms with van der Waals surface area (Å²) in [6, 6.07) is 4.90. The quantitative estimate of drug-likeness (QED) is 0.864. The van der Waals surface area contributed by atoms with Gasteiger partial charge in [-0.2, -0.15) is 8.78 Å². The van der Waals surface area contributed by atoms with Crippen LogP contribution in [0.2, 0.25) is 0 Å². The molecule has 1 rings (SSSR count). The van der Waals surface area contributed by atoms with Crippen molar-refractivity contribution >= 4 is 0 Å². The SMILES string of the molecule is COc1cc(CC(CO)=C(F)F)cc(OC)c1. The van der Waals surface area contributed by atoms with Gasteiger partial charge in [-0.1, -0.05) is 0 Å². The zero-order chi connectivity index (χ0) is 12.8. The Morgan fingerprint density at radius 2 is 1.65 bits per heavy atom. The summed E-state index contributed by atoms with van der Waals surface area (Å²) < 4.78 is 34.9. The van der Waals surface area contributed by atoms with E-state index in [1.807, 2.05) is 0 Å². The Kier molecular flexibility index (Phi) is 4.90. The van der Waals surface area contributed by atoms with Crippen molar-refractivity contribution in [1.82, 2.24) is 0 Å². The van der Waals surface area contributed by atoms with Crippen LogP contribution in [-0.4, -0.2) is 25.9 Å². The summed E-state index contributed by atoms with van der Waals surface area (Å²) in [5, 5.41) is 8.81. The van der Waals surface area contributed by atoms with Crippen molar-refractivity contribution in [2.75, 3.05) is 20.8 Å². The van der Waals surface area contributed by atoms with Gasteiger partial charge in [0, 0.05) is 18.1 Å². The Labute approximate surface area is 98.3 Å². The first-order chi connectivity index (χ1) is 8.10. The molecule has 0 atom stereocenters. The van der Waals surface area contributed by atoms with E-state index >= 15 is 0 Å². The van der Waals surface area contributed by atoms with Gasteiger partial charge in [0.1, 0.15) is 11.5 Å². The van der Waals surface area contributed by atoms with Crippen LogP contribution in [0.1, 0.15) is 5.56 Å². The molecule has 0 aliphatic carbocycles. The third-order valence-electron chi connectivity index (χ3n) is 2.29. The molecule has 3 nitrogen and oxygen atoms in total. The molecule has 0 bridgehead atoms. The van der Waals surface area contributed by atoms with Crippen LogP contribution in [0.15, 0.2) is 29.9 Å². The van der Waals surface area contributed by atoms with Crippen molar-refractivity contribution in [1.29, 1.82) is 0 Å². The predicted octanol–water partition coefficient (Wildman–Crippen LogP) is 2.39. The number of benzene rings is 1. The zero-order valence-corrected chi connectivity index (χ0v) is 9.67. The van der Waals surface area contributed by atoms with Crippen molar-refractivity contribution in [3.05, 3.63) is 35.4 Å². The molecule has 94 valence electrons. The summed E-state index contributed by atoms with van der Waals surface area (Å²) in [6.45, 7) is -0.665. The van der Waals surface area contributed by atoms with Gasteiger partial charge in [0.05, 0.1) is 20.8 Å². The van der Waals surface area contributed by atoms with Crippen LogP contribution < -0.4 is 9.47 Å². The van der Waals surface area contributed by atoms with E-state index in [-0.39, 0.29) is 12.0 Å². The van der Waals surface area contributed by atoms with Crippen LogP contribution in [0.5, 0.6) is 11.5 Å². The molecule has 0 fully saturated rings. The zero-order valence-electron chi connectivity index (χ0n) is 9.67. The molecular formula is C12H14F2O3. The van der Waals surface area contributed by atoms with E-state index in [4.69, 9.17) is 14.6 Å². The van der Waals surface area contributed by atoms with Gasteiger partial charge in [0.15, 0.2) is 0 Å². The van der Waals surface area contributed by atoms with Crippen molar-refractivity contribution in [3.8, 4) is 11.5 Å². The molecule has 0 saturated heterocycles. The molecule has 0 unspecified atom stereocenters. The number of halogens is 2. The fourth-order valence-electron chi connectivity index (χ4n) is 1.40. The third kappa shape index (κ3) is 3.71. The molecule has 0 aliphatic heterocycles. The highest BCUT2D eigenvalue weighted by Gasteiger charge is 2.09. The van der Waals surface area contributed by atoms with E-state index in [9.17, 15) is 8.78 Å². The van der Waals surface area contributed by atoms with Gasteiger partial charge in [-0.25, -0.2) is 0 Å². The molecule has 0 aliphatic rings. The molecule has 1 aromatic carbocycles. The van der Waals surface area contributed by atoms with Crippen LogP contribution in [0.4, 0.5) is 8.78 Å². The highest BCUT2D eigenvalue weighted by molar-refractivity contribution is 5.40. The number of aliphatic hydroxyl groups excluding tert-OH is 1. The molecule has 0 aromatic heterocycles. The van der Waals surface area contributed by atoms with Crippen LogP contribution in [0, 0.1) is 0 Å². The van der Waals surface area contributed by atoms with E-state index in [1.165, 1.54) is 14.2 Å². The van der Waals surface area contributed by atoms with Crippen LogP contribution in [0.3, 0.4) is 0 Å².